The minimum absolute atomic E-state index is 0.0606. The molecule has 1 aliphatic rings. The normalized spacial score (nSPS) is 14.7. The van der Waals surface area contributed by atoms with Crippen LogP contribution in [0.4, 0.5) is 0 Å². The molecule has 0 radical (unpaired) electrons. The van der Waals surface area contributed by atoms with Crippen LogP contribution in [0.2, 0.25) is 0 Å². The van der Waals surface area contributed by atoms with Gasteiger partial charge in [-0.05, 0) is 24.3 Å². The number of ether oxygens (including phenoxy) is 1. The van der Waals surface area contributed by atoms with Crippen molar-refractivity contribution in [1.82, 2.24) is 0 Å². The van der Waals surface area contributed by atoms with Gasteiger partial charge in [0.15, 0.2) is 5.76 Å². The van der Waals surface area contributed by atoms with Gasteiger partial charge in [0.25, 0.3) is 0 Å². The molecule has 1 aliphatic heterocycles. The molecule has 0 aliphatic carbocycles. The summed E-state index contributed by atoms with van der Waals surface area (Å²) >= 11 is 6.69. The third-order valence-electron chi connectivity index (χ3n) is 2.05. The van der Waals surface area contributed by atoms with Crippen molar-refractivity contribution in [3.05, 3.63) is 44.5 Å². The SMILES string of the molecule is O=C(C1=CCCO1)c1cc(Br)cc(Br)c1. The fourth-order valence-corrected chi connectivity index (χ4v) is 2.70. The zero-order valence-electron chi connectivity index (χ0n) is 7.80. The second kappa shape index (κ2) is 4.49. The minimum atomic E-state index is -0.0606. The van der Waals surface area contributed by atoms with Gasteiger partial charge in [-0.3, -0.25) is 4.79 Å². The van der Waals surface area contributed by atoms with Crippen LogP contribution in [0.3, 0.4) is 0 Å². The Balaban J connectivity index is 2.32. The highest BCUT2D eigenvalue weighted by molar-refractivity contribution is 9.11. The van der Waals surface area contributed by atoms with Gasteiger partial charge in [-0.1, -0.05) is 31.9 Å². The lowest BCUT2D eigenvalue weighted by molar-refractivity contribution is 0.0942. The summed E-state index contributed by atoms with van der Waals surface area (Å²) in [6.07, 6.45) is 2.65. The Morgan fingerprint density at radius 3 is 2.40 bits per heavy atom. The maximum atomic E-state index is 11.9. The van der Waals surface area contributed by atoms with E-state index in [1.54, 1.807) is 12.1 Å². The Kier molecular flexibility index (Phi) is 3.26. The summed E-state index contributed by atoms with van der Waals surface area (Å²) in [5.41, 5.74) is 0.629. The summed E-state index contributed by atoms with van der Waals surface area (Å²) in [4.78, 5) is 11.9. The molecule has 1 heterocycles. The van der Waals surface area contributed by atoms with Crippen LogP contribution in [-0.4, -0.2) is 12.4 Å². The van der Waals surface area contributed by atoms with Gasteiger partial charge in [-0.15, -0.1) is 0 Å². The number of Topliss-reactive ketones (excluding diaryl/α,β-unsaturated/α-hetero) is 1. The smallest absolute Gasteiger partial charge is 0.227 e. The number of ketones is 1. The van der Waals surface area contributed by atoms with Gasteiger partial charge >= 0.3 is 0 Å². The van der Waals surface area contributed by atoms with Crippen molar-refractivity contribution < 1.29 is 9.53 Å². The van der Waals surface area contributed by atoms with Gasteiger partial charge in [0.2, 0.25) is 5.78 Å². The number of carbonyl (C=O) groups excluding carboxylic acids is 1. The first-order valence-corrected chi connectivity index (χ1v) is 6.09. The number of allylic oxidation sites excluding steroid dienone is 1. The maximum absolute atomic E-state index is 11.9. The van der Waals surface area contributed by atoms with E-state index < -0.39 is 0 Å². The van der Waals surface area contributed by atoms with Crippen molar-refractivity contribution in [2.45, 2.75) is 6.42 Å². The molecule has 0 unspecified atom stereocenters. The Labute approximate surface area is 105 Å². The van der Waals surface area contributed by atoms with Crippen LogP contribution >= 0.6 is 31.9 Å². The molecule has 0 bridgehead atoms. The number of carbonyl (C=O) groups is 1. The lowest BCUT2D eigenvalue weighted by Gasteiger charge is -2.04. The monoisotopic (exact) mass is 330 g/mol. The zero-order chi connectivity index (χ0) is 10.8. The largest absolute Gasteiger partial charge is 0.489 e. The minimum Gasteiger partial charge on any atom is -0.489 e. The van der Waals surface area contributed by atoms with Crippen LogP contribution < -0.4 is 0 Å². The molecule has 4 heteroatoms. The van der Waals surface area contributed by atoms with Crippen molar-refractivity contribution in [2.24, 2.45) is 0 Å². The van der Waals surface area contributed by atoms with E-state index in [1.165, 1.54) is 0 Å². The van der Waals surface area contributed by atoms with E-state index in [0.717, 1.165) is 15.4 Å². The molecule has 0 saturated carbocycles. The highest BCUT2D eigenvalue weighted by Crippen LogP contribution is 2.23. The predicted octanol–water partition coefficient (Wildman–Crippen LogP) is 3.70. The summed E-state index contributed by atoms with van der Waals surface area (Å²) in [5.74, 6) is 0.398. The van der Waals surface area contributed by atoms with Crippen molar-refractivity contribution in [2.75, 3.05) is 6.61 Å². The molecule has 0 aromatic heterocycles. The van der Waals surface area contributed by atoms with Crippen LogP contribution in [0, 0.1) is 0 Å². The number of hydrogen-bond acceptors (Lipinski definition) is 2. The van der Waals surface area contributed by atoms with Gasteiger partial charge in [-0.25, -0.2) is 0 Å². The van der Waals surface area contributed by atoms with Gasteiger partial charge in [0.1, 0.15) is 0 Å². The van der Waals surface area contributed by atoms with Crippen LogP contribution in [0.5, 0.6) is 0 Å². The molecule has 0 atom stereocenters. The van der Waals surface area contributed by atoms with Gasteiger partial charge in [-0.2, -0.15) is 0 Å². The Morgan fingerprint density at radius 2 is 1.87 bits per heavy atom. The molecule has 1 aromatic rings. The second-order valence-corrected chi connectivity index (χ2v) is 5.02. The molecular weight excluding hydrogens is 324 g/mol. The van der Waals surface area contributed by atoms with Crippen molar-refractivity contribution in [3.8, 4) is 0 Å². The third kappa shape index (κ3) is 2.49. The highest BCUT2D eigenvalue weighted by atomic mass is 79.9. The summed E-state index contributed by atoms with van der Waals surface area (Å²) in [6, 6.07) is 5.46. The second-order valence-electron chi connectivity index (χ2n) is 3.19. The zero-order valence-corrected chi connectivity index (χ0v) is 11.0. The molecule has 0 N–H and O–H groups in total. The number of hydrogen-bond donors (Lipinski definition) is 0. The van der Waals surface area contributed by atoms with Crippen LogP contribution in [0.25, 0.3) is 0 Å². The van der Waals surface area contributed by atoms with Gasteiger partial charge in [0.05, 0.1) is 6.61 Å². The topological polar surface area (TPSA) is 26.3 Å². The first kappa shape index (κ1) is 10.9. The first-order chi connectivity index (χ1) is 7.16. The van der Waals surface area contributed by atoms with Crippen molar-refractivity contribution >= 4 is 37.6 Å². The summed E-state index contributed by atoms with van der Waals surface area (Å²) in [5, 5.41) is 0. The molecule has 0 saturated heterocycles. The predicted molar refractivity (Wildman–Crippen MR) is 64.8 cm³/mol. The van der Waals surface area contributed by atoms with Crippen LogP contribution in [0.15, 0.2) is 39.0 Å². The van der Waals surface area contributed by atoms with Crippen molar-refractivity contribution in [1.29, 1.82) is 0 Å². The summed E-state index contributed by atoms with van der Waals surface area (Å²) in [7, 11) is 0. The van der Waals surface area contributed by atoms with Crippen LogP contribution in [0.1, 0.15) is 16.8 Å². The summed E-state index contributed by atoms with van der Waals surface area (Å²) in [6.45, 7) is 0.607. The Hall–Kier alpha value is -0.610. The molecule has 1 aromatic carbocycles. The fraction of sp³-hybridized carbons (Fsp3) is 0.182. The van der Waals surface area contributed by atoms with E-state index in [9.17, 15) is 4.79 Å². The van der Waals surface area contributed by atoms with E-state index in [1.807, 2.05) is 12.1 Å². The molecule has 0 amide bonds. The number of benzene rings is 1. The van der Waals surface area contributed by atoms with E-state index in [4.69, 9.17) is 4.74 Å². The highest BCUT2D eigenvalue weighted by Gasteiger charge is 2.17. The van der Waals surface area contributed by atoms with Crippen molar-refractivity contribution in [3.63, 3.8) is 0 Å². The maximum Gasteiger partial charge on any atom is 0.227 e. The average Bonchev–Trinajstić information content (AvgIpc) is 2.67. The van der Waals surface area contributed by atoms with Gasteiger partial charge in [0, 0.05) is 20.9 Å². The molecule has 0 spiro atoms. The lowest BCUT2D eigenvalue weighted by Crippen LogP contribution is -2.03. The number of rotatable bonds is 2. The number of halogens is 2. The van der Waals surface area contributed by atoms with E-state index in [-0.39, 0.29) is 5.78 Å². The molecular formula is C11H8Br2O2. The summed E-state index contributed by atoms with van der Waals surface area (Å²) < 4.78 is 6.98. The Bertz CT molecular complexity index is 418. The van der Waals surface area contributed by atoms with E-state index in [0.29, 0.717) is 17.9 Å². The lowest BCUT2D eigenvalue weighted by atomic mass is 10.1. The molecule has 15 heavy (non-hydrogen) atoms. The molecule has 2 nitrogen and oxygen atoms in total. The van der Waals surface area contributed by atoms with Crippen LogP contribution in [-0.2, 0) is 4.74 Å². The quantitative estimate of drug-likeness (QED) is 0.772. The Morgan fingerprint density at radius 1 is 1.20 bits per heavy atom. The molecule has 2 rings (SSSR count). The van der Waals surface area contributed by atoms with E-state index in [2.05, 4.69) is 31.9 Å². The molecule has 0 fully saturated rings. The standard InChI is InChI=1S/C11H8Br2O2/c12-8-4-7(5-9(13)6-8)11(14)10-2-1-3-15-10/h2,4-6H,1,3H2. The third-order valence-corrected chi connectivity index (χ3v) is 2.97. The average molecular weight is 332 g/mol. The van der Waals surface area contributed by atoms with Gasteiger partial charge < -0.3 is 4.74 Å². The fourth-order valence-electron chi connectivity index (χ4n) is 1.40. The first-order valence-electron chi connectivity index (χ1n) is 4.50. The molecule has 78 valence electrons. The van der Waals surface area contributed by atoms with E-state index >= 15 is 0 Å².